The van der Waals surface area contributed by atoms with Gasteiger partial charge in [0.15, 0.2) is 0 Å². The fourth-order valence-electron chi connectivity index (χ4n) is 2.40. The molecular weight excluding hydrogens is 240 g/mol. The highest BCUT2D eigenvalue weighted by atomic mass is 16.5. The first-order valence-corrected chi connectivity index (χ1v) is 6.68. The minimum absolute atomic E-state index is 0.112. The molecule has 0 aromatic heterocycles. The number of rotatable bonds is 4. The molecule has 0 unspecified atom stereocenters. The molecule has 1 N–H and O–H groups in total. The van der Waals surface area contributed by atoms with Crippen molar-refractivity contribution in [2.24, 2.45) is 5.41 Å². The second-order valence-electron chi connectivity index (χ2n) is 5.24. The molecule has 0 radical (unpaired) electrons. The van der Waals surface area contributed by atoms with E-state index < -0.39 is 5.41 Å². The van der Waals surface area contributed by atoms with Crippen LogP contribution in [0.5, 0.6) is 5.75 Å². The zero-order valence-corrected chi connectivity index (χ0v) is 10.7. The van der Waals surface area contributed by atoms with Crippen molar-refractivity contribution in [3.05, 3.63) is 29.3 Å². The smallest absolute Gasteiger partial charge is 0.240 e. The molecule has 98 valence electrons. The zero-order chi connectivity index (χ0) is 13.3. The molecular formula is C15H16N2O2. The van der Waals surface area contributed by atoms with Gasteiger partial charge in [-0.25, -0.2) is 0 Å². The summed E-state index contributed by atoms with van der Waals surface area (Å²) in [6.07, 6.45) is 3.16. The van der Waals surface area contributed by atoms with E-state index in [9.17, 15) is 4.79 Å². The quantitative estimate of drug-likeness (QED) is 0.889. The van der Waals surface area contributed by atoms with Crippen LogP contribution in [0.2, 0.25) is 0 Å². The molecule has 3 rings (SSSR count). The Balaban J connectivity index is 1.53. The van der Waals surface area contributed by atoms with E-state index in [1.807, 2.05) is 12.1 Å². The Morgan fingerprint density at radius 1 is 1.47 bits per heavy atom. The highest BCUT2D eigenvalue weighted by Gasteiger charge is 2.50. The molecule has 1 heterocycles. The van der Waals surface area contributed by atoms with Crippen LogP contribution in [0, 0.1) is 16.7 Å². The Labute approximate surface area is 112 Å². The molecule has 0 saturated heterocycles. The van der Waals surface area contributed by atoms with Crippen LogP contribution in [0.1, 0.15) is 24.0 Å². The summed E-state index contributed by atoms with van der Waals surface area (Å²) in [5, 5.41) is 11.8. The van der Waals surface area contributed by atoms with E-state index in [4.69, 9.17) is 10.00 Å². The molecule has 1 aliphatic heterocycles. The van der Waals surface area contributed by atoms with Crippen molar-refractivity contribution in [3.8, 4) is 11.8 Å². The minimum atomic E-state index is -0.716. The maximum absolute atomic E-state index is 11.8. The molecule has 1 fully saturated rings. The van der Waals surface area contributed by atoms with Gasteiger partial charge < -0.3 is 10.1 Å². The number of fused-ring (bicyclic) bond motifs is 1. The summed E-state index contributed by atoms with van der Waals surface area (Å²) in [6, 6.07) is 8.28. The average Bonchev–Trinajstić information content (AvgIpc) is 3.10. The third kappa shape index (κ3) is 2.28. The monoisotopic (exact) mass is 256 g/mol. The summed E-state index contributed by atoms with van der Waals surface area (Å²) in [4.78, 5) is 11.8. The van der Waals surface area contributed by atoms with Gasteiger partial charge in [-0.3, -0.25) is 4.79 Å². The van der Waals surface area contributed by atoms with Crippen molar-refractivity contribution in [2.45, 2.75) is 25.7 Å². The number of ether oxygens (including phenoxy) is 1. The van der Waals surface area contributed by atoms with Crippen LogP contribution < -0.4 is 10.1 Å². The molecule has 0 spiro atoms. The molecule has 0 bridgehead atoms. The topological polar surface area (TPSA) is 62.1 Å². The van der Waals surface area contributed by atoms with Crippen LogP contribution in [0.25, 0.3) is 0 Å². The SMILES string of the molecule is N#CC1(C(=O)NCCc2ccc3c(c2)CCO3)CC1. The molecule has 1 aromatic rings. The van der Waals surface area contributed by atoms with Crippen LogP contribution in [-0.2, 0) is 17.6 Å². The van der Waals surface area contributed by atoms with Gasteiger partial charge in [0.25, 0.3) is 0 Å². The fourth-order valence-corrected chi connectivity index (χ4v) is 2.40. The Bertz CT molecular complexity index is 556. The summed E-state index contributed by atoms with van der Waals surface area (Å²) < 4.78 is 5.46. The van der Waals surface area contributed by atoms with Gasteiger partial charge in [-0.1, -0.05) is 12.1 Å². The lowest BCUT2D eigenvalue weighted by molar-refractivity contribution is -0.124. The zero-order valence-electron chi connectivity index (χ0n) is 10.7. The number of nitriles is 1. The number of amides is 1. The average molecular weight is 256 g/mol. The molecule has 1 aliphatic carbocycles. The lowest BCUT2D eigenvalue weighted by Gasteiger charge is -2.08. The summed E-state index contributed by atoms with van der Waals surface area (Å²) in [5.74, 6) is 0.869. The van der Waals surface area contributed by atoms with Gasteiger partial charge in [0, 0.05) is 13.0 Å². The highest BCUT2D eigenvalue weighted by molar-refractivity contribution is 5.88. The highest BCUT2D eigenvalue weighted by Crippen LogP contribution is 2.44. The molecule has 4 nitrogen and oxygen atoms in total. The molecule has 1 amide bonds. The van der Waals surface area contributed by atoms with Gasteiger partial charge in [-0.2, -0.15) is 5.26 Å². The maximum Gasteiger partial charge on any atom is 0.240 e. The van der Waals surface area contributed by atoms with Crippen molar-refractivity contribution in [3.63, 3.8) is 0 Å². The minimum Gasteiger partial charge on any atom is -0.493 e. The predicted octanol–water partition coefficient (Wildman–Crippen LogP) is 1.58. The number of hydrogen-bond acceptors (Lipinski definition) is 3. The Hall–Kier alpha value is -2.02. The van der Waals surface area contributed by atoms with Crippen LogP contribution in [0.4, 0.5) is 0 Å². The lowest BCUT2D eigenvalue weighted by atomic mass is 10.1. The maximum atomic E-state index is 11.8. The summed E-state index contributed by atoms with van der Waals surface area (Å²) >= 11 is 0. The number of carbonyl (C=O) groups excluding carboxylic acids is 1. The number of hydrogen-bond donors (Lipinski definition) is 1. The van der Waals surface area contributed by atoms with Gasteiger partial charge in [0.1, 0.15) is 11.2 Å². The van der Waals surface area contributed by atoms with E-state index in [2.05, 4.69) is 17.5 Å². The first-order chi connectivity index (χ1) is 9.23. The van der Waals surface area contributed by atoms with Crippen LogP contribution >= 0.6 is 0 Å². The molecule has 1 saturated carbocycles. The van der Waals surface area contributed by atoms with Crippen LogP contribution in [-0.4, -0.2) is 19.1 Å². The second kappa shape index (κ2) is 4.58. The van der Waals surface area contributed by atoms with Gasteiger partial charge in [-0.15, -0.1) is 0 Å². The number of nitrogens with one attached hydrogen (secondary N) is 1. The van der Waals surface area contributed by atoms with E-state index in [0.29, 0.717) is 19.4 Å². The number of nitrogens with zero attached hydrogens (tertiary/aromatic N) is 1. The number of carbonyl (C=O) groups is 1. The third-order valence-electron chi connectivity index (χ3n) is 3.85. The van der Waals surface area contributed by atoms with Crippen molar-refractivity contribution in [1.29, 1.82) is 5.26 Å². The van der Waals surface area contributed by atoms with Crippen molar-refractivity contribution in [1.82, 2.24) is 5.32 Å². The largest absolute Gasteiger partial charge is 0.493 e. The molecule has 4 heteroatoms. The molecule has 19 heavy (non-hydrogen) atoms. The number of benzene rings is 1. The summed E-state index contributed by atoms with van der Waals surface area (Å²) in [5.41, 5.74) is 1.73. The van der Waals surface area contributed by atoms with Crippen molar-refractivity contribution >= 4 is 5.91 Å². The standard InChI is InChI=1S/C15H16N2O2/c16-10-15(5-6-15)14(18)17-7-3-11-1-2-13-12(9-11)4-8-19-13/h1-2,9H,3-8H2,(H,17,18). The molecule has 2 aliphatic rings. The summed E-state index contributed by atoms with van der Waals surface area (Å²) in [6.45, 7) is 1.35. The van der Waals surface area contributed by atoms with Gasteiger partial charge in [-0.05, 0) is 36.5 Å². The Morgan fingerprint density at radius 3 is 3.05 bits per heavy atom. The Morgan fingerprint density at radius 2 is 2.32 bits per heavy atom. The molecule has 1 aromatic carbocycles. The fraction of sp³-hybridized carbons (Fsp3) is 0.467. The van der Waals surface area contributed by atoms with Gasteiger partial charge >= 0.3 is 0 Å². The first-order valence-electron chi connectivity index (χ1n) is 6.68. The predicted molar refractivity (Wildman–Crippen MR) is 69.6 cm³/mol. The van der Waals surface area contributed by atoms with Crippen LogP contribution in [0.15, 0.2) is 18.2 Å². The van der Waals surface area contributed by atoms with Crippen molar-refractivity contribution < 1.29 is 9.53 Å². The normalized spacial score (nSPS) is 18.1. The van der Waals surface area contributed by atoms with Gasteiger partial charge in [0.2, 0.25) is 5.91 Å². The first kappa shape index (κ1) is 12.0. The van der Waals surface area contributed by atoms with Gasteiger partial charge in [0.05, 0.1) is 12.7 Å². The van der Waals surface area contributed by atoms with E-state index in [1.54, 1.807) is 0 Å². The lowest BCUT2D eigenvalue weighted by Crippen LogP contribution is -2.32. The summed E-state index contributed by atoms with van der Waals surface area (Å²) in [7, 11) is 0. The van der Waals surface area contributed by atoms with E-state index in [-0.39, 0.29) is 5.91 Å². The Kier molecular flexibility index (Phi) is 2.90. The van der Waals surface area contributed by atoms with E-state index >= 15 is 0 Å². The van der Waals surface area contributed by atoms with E-state index in [0.717, 1.165) is 25.2 Å². The third-order valence-corrected chi connectivity index (χ3v) is 3.85. The van der Waals surface area contributed by atoms with E-state index in [1.165, 1.54) is 11.1 Å². The van der Waals surface area contributed by atoms with Crippen molar-refractivity contribution in [2.75, 3.05) is 13.2 Å². The second-order valence-corrected chi connectivity index (χ2v) is 5.24. The van der Waals surface area contributed by atoms with Crippen LogP contribution in [0.3, 0.4) is 0 Å². The molecule has 0 atom stereocenters.